The second-order valence-corrected chi connectivity index (χ2v) is 8.27. The van der Waals surface area contributed by atoms with E-state index >= 15 is 0 Å². The van der Waals surface area contributed by atoms with Crippen LogP contribution in [0, 0.1) is 24.1 Å². The first-order valence-electron chi connectivity index (χ1n) is 8.54. The molecule has 0 unspecified atom stereocenters. The molecule has 7 nitrogen and oxygen atoms in total. The number of carbonyl (C=O) groups is 2. The van der Waals surface area contributed by atoms with Crippen molar-refractivity contribution in [2.45, 2.75) is 18.2 Å². The van der Waals surface area contributed by atoms with E-state index < -0.39 is 34.1 Å². The van der Waals surface area contributed by atoms with Crippen molar-refractivity contribution in [2.24, 2.45) is 0 Å². The van der Waals surface area contributed by atoms with E-state index in [9.17, 15) is 22.4 Å². The minimum atomic E-state index is -3.51. The number of nitriles is 1. The van der Waals surface area contributed by atoms with E-state index in [-0.39, 0.29) is 23.4 Å². The Hall–Kier alpha value is -3.25. The molecular formula is C20H19FN2O5S. The van der Waals surface area contributed by atoms with E-state index in [1.807, 2.05) is 6.07 Å². The number of esters is 1. The first-order valence-corrected chi connectivity index (χ1v) is 10.4. The van der Waals surface area contributed by atoms with Crippen LogP contribution >= 0.6 is 0 Å². The van der Waals surface area contributed by atoms with Crippen LogP contribution in [0.25, 0.3) is 0 Å². The molecule has 152 valence electrons. The van der Waals surface area contributed by atoms with Crippen molar-refractivity contribution in [3.05, 3.63) is 59.4 Å². The van der Waals surface area contributed by atoms with Crippen LogP contribution in [0.3, 0.4) is 0 Å². The number of benzene rings is 2. The van der Waals surface area contributed by atoms with Crippen LogP contribution in [0.15, 0.2) is 47.4 Å². The fraction of sp³-hybridized carbons (Fsp3) is 0.250. The molecule has 0 heterocycles. The number of hydrogen-bond acceptors (Lipinski definition) is 6. The van der Waals surface area contributed by atoms with Gasteiger partial charge in [-0.1, -0.05) is 6.07 Å². The number of sulfone groups is 1. The summed E-state index contributed by atoms with van der Waals surface area (Å²) in [6.07, 6.45) is 1.05. The molecule has 0 saturated heterocycles. The number of halogens is 1. The molecule has 2 rings (SSSR count). The van der Waals surface area contributed by atoms with E-state index in [0.717, 1.165) is 6.26 Å². The van der Waals surface area contributed by atoms with Crippen LogP contribution in [0.4, 0.5) is 10.1 Å². The van der Waals surface area contributed by atoms with Gasteiger partial charge in [0, 0.05) is 18.5 Å². The molecule has 0 aliphatic rings. The Morgan fingerprint density at radius 1 is 1.17 bits per heavy atom. The molecule has 0 N–H and O–H groups in total. The second-order valence-electron chi connectivity index (χ2n) is 6.25. The molecule has 29 heavy (non-hydrogen) atoms. The topological polar surface area (TPSA) is 105 Å². The number of carbonyl (C=O) groups excluding carboxylic acids is 2. The van der Waals surface area contributed by atoms with Crippen molar-refractivity contribution in [1.29, 1.82) is 5.26 Å². The summed E-state index contributed by atoms with van der Waals surface area (Å²) in [7, 11) is -3.51. The standard InChI is InChI=1S/C20H19FN2O5S/c1-14-4-9-17(29(2,26)27)12-18(14)20(25)28-13-19(24)23(11-3-10-22)16-7-5-15(21)6-8-16/h4-9,12H,3,11,13H2,1-2H3. The smallest absolute Gasteiger partial charge is 0.338 e. The van der Waals surface area contributed by atoms with Gasteiger partial charge in [0.25, 0.3) is 5.91 Å². The summed E-state index contributed by atoms with van der Waals surface area (Å²) in [5.74, 6) is -1.92. The minimum absolute atomic E-state index is 0.0334. The van der Waals surface area contributed by atoms with Crippen molar-refractivity contribution >= 4 is 27.4 Å². The predicted octanol–water partition coefficient (Wildman–Crippen LogP) is 2.64. The Morgan fingerprint density at radius 3 is 2.41 bits per heavy atom. The average molecular weight is 418 g/mol. The van der Waals surface area contributed by atoms with Crippen LogP contribution in [-0.2, 0) is 19.4 Å². The molecule has 2 aromatic rings. The molecule has 0 fully saturated rings. The van der Waals surface area contributed by atoms with Crippen molar-refractivity contribution in [3.8, 4) is 6.07 Å². The summed E-state index contributed by atoms with van der Waals surface area (Å²) in [6, 6.07) is 11.1. The first kappa shape index (κ1) is 22.0. The third kappa shape index (κ3) is 5.86. The number of aryl methyl sites for hydroxylation is 1. The zero-order valence-electron chi connectivity index (χ0n) is 15.9. The lowest BCUT2D eigenvalue weighted by atomic mass is 10.1. The second kappa shape index (κ2) is 9.30. The molecule has 0 bridgehead atoms. The molecule has 0 atom stereocenters. The van der Waals surface area contributed by atoms with Crippen LogP contribution in [0.5, 0.6) is 0 Å². The highest BCUT2D eigenvalue weighted by molar-refractivity contribution is 7.90. The van der Waals surface area contributed by atoms with Crippen molar-refractivity contribution in [3.63, 3.8) is 0 Å². The maximum atomic E-state index is 13.1. The van der Waals surface area contributed by atoms with Gasteiger partial charge >= 0.3 is 5.97 Å². The average Bonchev–Trinajstić information content (AvgIpc) is 2.67. The summed E-state index contributed by atoms with van der Waals surface area (Å²) >= 11 is 0. The highest BCUT2D eigenvalue weighted by Gasteiger charge is 2.20. The molecule has 0 radical (unpaired) electrons. The lowest BCUT2D eigenvalue weighted by molar-refractivity contribution is -0.121. The Morgan fingerprint density at radius 2 is 1.83 bits per heavy atom. The lowest BCUT2D eigenvalue weighted by Crippen LogP contribution is -2.35. The molecular weight excluding hydrogens is 399 g/mol. The van der Waals surface area contributed by atoms with E-state index in [0.29, 0.717) is 11.3 Å². The number of amides is 1. The SMILES string of the molecule is Cc1ccc(S(C)(=O)=O)cc1C(=O)OCC(=O)N(CCC#N)c1ccc(F)cc1. The molecule has 9 heteroatoms. The van der Waals surface area contributed by atoms with Crippen molar-refractivity contribution in [1.82, 2.24) is 0 Å². The molecule has 0 aromatic heterocycles. The van der Waals surface area contributed by atoms with Crippen LogP contribution in [-0.4, -0.2) is 39.7 Å². The Bertz CT molecular complexity index is 1060. The third-order valence-corrected chi connectivity index (χ3v) is 5.18. The summed E-state index contributed by atoms with van der Waals surface area (Å²) in [4.78, 5) is 26.1. The largest absolute Gasteiger partial charge is 0.452 e. The van der Waals surface area contributed by atoms with Crippen molar-refractivity contribution in [2.75, 3.05) is 24.3 Å². The predicted molar refractivity (Wildman–Crippen MR) is 104 cm³/mol. The summed E-state index contributed by atoms with van der Waals surface area (Å²) in [6.45, 7) is 1.04. The molecule has 0 aliphatic carbocycles. The fourth-order valence-corrected chi connectivity index (χ4v) is 3.16. The van der Waals surface area contributed by atoms with Gasteiger partial charge in [-0.05, 0) is 48.9 Å². The lowest BCUT2D eigenvalue weighted by Gasteiger charge is -2.21. The third-order valence-electron chi connectivity index (χ3n) is 4.07. The van der Waals surface area contributed by atoms with E-state index in [1.165, 1.54) is 47.4 Å². The first-order chi connectivity index (χ1) is 13.6. The Balaban J connectivity index is 2.16. The van der Waals surface area contributed by atoms with Gasteiger partial charge in [-0.2, -0.15) is 5.26 Å². The maximum Gasteiger partial charge on any atom is 0.338 e. The number of anilines is 1. The van der Waals surface area contributed by atoms with Gasteiger partial charge in [-0.3, -0.25) is 4.79 Å². The molecule has 0 spiro atoms. The van der Waals surface area contributed by atoms with E-state index in [1.54, 1.807) is 6.92 Å². The van der Waals surface area contributed by atoms with Crippen molar-refractivity contribution < 1.29 is 27.1 Å². The normalized spacial score (nSPS) is 10.8. The maximum absolute atomic E-state index is 13.1. The van der Waals surface area contributed by atoms with Gasteiger partial charge < -0.3 is 9.64 Å². The summed E-state index contributed by atoms with van der Waals surface area (Å²) in [5, 5.41) is 8.79. The number of hydrogen-bond donors (Lipinski definition) is 0. The zero-order chi connectivity index (χ0) is 21.6. The number of ether oxygens (including phenoxy) is 1. The quantitative estimate of drug-likeness (QED) is 0.640. The van der Waals surface area contributed by atoms with Crippen LogP contribution < -0.4 is 4.90 Å². The van der Waals surface area contributed by atoms with Crippen LogP contribution in [0.2, 0.25) is 0 Å². The molecule has 0 saturated carbocycles. The molecule has 2 aromatic carbocycles. The minimum Gasteiger partial charge on any atom is -0.452 e. The zero-order valence-corrected chi connectivity index (χ0v) is 16.7. The molecule has 1 amide bonds. The van der Waals surface area contributed by atoms with E-state index in [2.05, 4.69) is 0 Å². The van der Waals surface area contributed by atoms with Gasteiger partial charge in [0.2, 0.25) is 0 Å². The fourth-order valence-electron chi connectivity index (χ4n) is 2.52. The number of rotatable bonds is 7. The highest BCUT2D eigenvalue weighted by Crippen LogP contribution is 2.18. The van der Waals surface area contributed by atoms with E-state index in [4.69, 9.17) is 10.00 Å². The molecule has 0 aliphatic heterocycles. The summed E-state index contributed by atoms with van der Waals surface area (Å²) in [5.41, 5.74) is 0.888. The van der Waals surface area contributed by atoms with Crippen LogP contribution in [0.1, 0.15) is 22.3 Å². The van der Waals surface area contributed by atoms with Gasteiger partial charge in [0.15, 0.2) is 16.4 Å². The van der Waals surface area contributed by atoms with Gasteiger partial charge in [-0.15, -0.1) is 0 Å². The Labute approximate surface area is 168 Å². The number of nitrogens with zero attached hydrogens (tertiary/aromatic N) is 2. The van der Waals surface area contributed by atoms with Gasteiger partial charge in [-0.25, -0.2) is 17.6 Å². The van der Waals surface area contributed by atoms with Gasteiger partial charge in [0.1, 0.15) is 5.82 Å². The monoisotopic (exact) mass is 418 g/mol. The summed E-state index contributed by atoms with van der Waals surface area (Å²) < 4.78 is 41.6. The Kier molecular flexibility index (Phi) is 7.07. The highest BCUT2D eigenvalue weighted by atomic mass is 32.2. The van der Waals surface area contributed by atoms with Gasteiger partial charge in [0.05, 0.1) is 22.9 Å².